The predicted octanol–water partition coefficient (Wildman–Crippen LogP) is 4.37. The number of carbonyl (C=O) groups is 2. The second-order valence-electron chi connectivity index (χ2n) is 6.80. The van der Waals surface area contributed by atoms with E-state index in [9.17, 15) is 9.59 Å². The van der Waals surface area contributed by atoms with Gasteiger partial charge >= 0.3 is 0 Å². The monoisotopic (exact) mass is 378 g/mol. The summed E-state index contributed by atoms with van der Waals surface area (Å²) >= 11 is 0. The summed E-state index contributed by atoms with van der Waals surface area (Å²) in [5, 5.41) is 6.36. The minimum absolute atomic E-state index is 0.0760. The summed E-state index contributed by atoms with van der Waals surface area (Å²) in [6.45, 7) is 2.65. The van der Waals surface area contributed by atoms with Gasteiger partial charge in [0.15, 0.2) is 0 Å². The van der Waals surface area contributed by atoms with Crippen LogP contribution in [-0.2, 0) is 16.0 Å². The van der Waals surface area contributed by atoms with Crippen LogP contribution in [0.1, 0.15) is 35.9 Å². The molecule has 0 aliphatic carbocycles. The highest BCUT2D eigenvalue weighted by atomic mass is 16.5. The number of hydrogen-bond acceptors (Lipinski definition) is 4. The molecule has 6 nitrogen and oxygen atoms in total. The fourth-order valence-corrected chi connectivity index (χ4v) is 3.33. The van der Waals surface area contributed by atoms with Gasteiger partial charge in [0.25, 0.3) is 11.8 Å². The number of amides is 2. The van der Waals surface area contributed by atoms with Crippen LogP contribution < -0.4 is 10.6 Å². The number of rotatable bonds is 5. The molecular weight excluding hydrogens is 356 g/mol. The van der Waals surface area contributed by atoms with Crippen LogP contribution in [0, 0.1) is 0 Å². The molecule has 1 atom stereocenters. The zero-order chi connectivity index (χ0) is 19.5. The lowest BCUT2D eigenvalue weighted by Crippen LogP contribution is -2.27. The maximum Gasteiger partial charge on any atom is 0.293 e. The van der Waals surface area contributed by atoms with Gasteiger partial charge in [-0.1, -0.05) is 31.2 Å². The molecule has 28 heavy (non-hydrogen) atoms. The van der Waals surface area contributed by atoms with Gasteiger partial charge in [-0.2, -0.15) is 0 Å². The number of ether oxygens (including phenoxy) is 1. The molecule has 1 saturated heterocycles. The van der Waals surface area contributed by atoms with Crippen LogP contribution in [0.3, 0.4) is 0 Å². The summed E-state index contributed by atoms with van der Waals surface area (Å²) in [7, 11) is 0. The lowest BCUT2D eigenvalue weighted by molar-refractivity contribution is -0.124. The lowest BCUT2D eigenvalue weighted by atomic mass is 10.1. The average molecular weight is 378 g/mol. The molecule has 1 aliphatic heterocycles. The second kappa shape index (κ2) is 7.86. The molecule has 1 fully saturated rings. The molecule has 2 N–H and O–H groups in total. The first-order valence-electron chi connectivity index (χ1n) is 9.50. The third-order valence-corrected chi connectivity index (χ3v) is 4.89. The number of carbonyl (C=O) groups excluding carboxylic acids is 2. The number of fused-ring (bicyclic) bond motifs is 1. The van der Waals surface area contributed by atoms with E-state index in [-0.39, 0.29) is 11.7 Å². The highest BCUT2D eigenvalue weighted by molar-refractivity contribution is 6.15. The number of para-hydroxylation sites is 1. The van der Waals surface area contributed by atoms with Crippen molar-refractivity contribution in [3.63, 3.8) is 0 Å². The maximum atomic E-state index is 12.9. The molecule has 2 amide bonds. The Morgan fingerprint density at radius 3 is 2.57 bits per heavy atom. The van der Waals surface area contributed by atoms with Gasteiger partial charge in [-0.3, -0.25) is 9.59 Å². The van der Waals surface area contributed by atoms with E-state index in [4.69, 9.17) is 9.15 Å². The number of benzene rings is 2. The van der Waals surface area contributed by atoms with Crippen molar-refractivity contribution < 1.29 is 18.7 Å². The Hall–Kier alpha value is -3.12. The van der Waals surface area contributed by atoms with E-state index in [0.717, 1.165) is 12.8 Å². The van der Waals surface area contributed by atoms with Gasteiger partial charge in [0.1, 0.15) is 17.4 Å². The Morgan fingerprint density at radius 2 is 1.86 bits per heavy atom. The molecule has 1 aliphatic rings. The van der Waals surface area contributed by atoms with Crippen molar-refractivity contribution in [1.82, 2.24) is 0 Å². The van der Waals surface area contributed by atoms with Crippen molar-refractivity contribution in [2.75, 3.05) is 17.2 Å². The molecule has 0 spiro atoms. The van der Waals surface area contributed by atoms with E-state index < -0.39 is 12.0 Å². The van der Waals surface area contributed by atoms with Crippen molar-refractivity contribution in [3.8, 4) is 0 Å². The molecule has 6 heteroatoms. The van der Waals surface area contributed by atoms with Gasteiger partial charge < -0.3 is 19.8 Å². The van der Waals surface area contributed by atoms with Crippen molar-refractivity contribution in [2.24, 2.45) is 0 Å². The topological polar surface area (TPSA) is 80.6 Å². The summed E-state index contributed by atoms with van der Waals surface area (Å²) in [5.41, 5.74) is 2.76. The van der Waals surface area contributed by atoms with E-state index in [0.29, 0.717) is 35.4 Å². The van der Waals surface area contributed by atoms with Crippen molar-refractivity contribution in [1.29, 1.82) is 0 Å². The van der Waals surface area contributed by atoms with Crippen molar-refractivity contribution in [2.45, 2.75) is 32.3 Å². The molecular formula is C22H22N2O4. The van der Waals surface area contributed by atoms with E-state index in [1.165, 1.54) is 5.56 Å². The summed E-state index contributed by atoms with van der Waals surface area (Å²) in [4.78, 5) is 25.4. The van der Waals surface area contributed by atoms with E-state index in [1.807, 2.05) is 42.5 Å². The average Bonchev–Trinajstić information content (AvgIpc) is 3.37. The van der Waals surface area contributed by atoms with E-state index in [1.54, 1.807) is 6.07 Å². The fourth-order valence-electron chi connectivity index (χ4n) is 3.33. The molecule has 4 rings (SSSR count). The van der Waals surface area contributed by atoms with Crippen LogP contribution in [0.25, 0.3) is 11.0 Å². The predicted molar refractivity (Wildman–Crippen MR) is 108 cm³/mol. The van der Waals surface area contributed by atoms with Crippen LogP contribution in [0.2, 0.25) is 0 Å². The Balaban J connectivity index is 1.63. The SMILES string of the molecule is CCc1ccc(NC(=O)c2oc3ccccc3c2NC(=O)[C@@H]2CCCO2)cc1. The standard InChI is InChI=1S/C22H22N2O4/c1-2-14-9-11-15(12-10-14)23-22(26)20-19(16-6-3-4-7-17(16)28-20)24-21(25)18-8-5-13-27-18/h3-4,6-7,9-12,18H,2,5,8,13H2,1H3,(H,23,26)(H,24,25)/t18-/m0/s1. The summed E-state index contributed by atoms with van der Waals surface area (Å²) in [6, 6.07) is 14.9. The molecule has 0 bridgehead atoms. The molecule has 2 aromatic carbocycles. The van der Waals surface area contributed by atoms with Crippen molar-refractivity contribution in [3.05, 3.63) is 59.9 Å². The second-order valence-corrected chi connectivity index (χ2v) is 6.80. The molecule has 2 heterocycles. The van der Waals surface area contributed by atoms with Crippen LogP contribution >= 0.6 is 0 Å². The van der Waals surface area contributed by atoms with Gasteiger partial charge in [0.2, 0.25) is 5.76 Å². The summed E-state index contributed by atoms with van der Waals surface area (Å²) in [6.07, 6.45) is 1.96. The smallest absolute Gasteiger partial charge is 0.293 e. The van der Waals surface area contributed by atoms with Crippen LogP contribution in [-0.4, -0.2) is 24.5 Å². The Bertz CT molecular complexity index is 1000. The summed E-state index contributed by atoms with van der Waals surface area (Å²) < 4.78 is 11.2. The number of furan rings is 1. The largest absolute Gasteiger partial charge is 0.449 e. The highest BCUT2D eigenvalue weighted by Gasteiger charge is 2.28. The Labute approximate surface area is 162 Å². The third-order valence-electron chi connectivity index (χ3n) is 4.89. The maximum absolute atomic E-state index is 12.9. The van der Waals surface area contributed by atoms with Crippen LogP contribution in [0.15, 0.2) is 52.9 Å². The number of anilines is 2. The molecule has 0 saturated carbocycles. The quantitative estimate of drug-likeness (QED) is 0.691. The van der Waals surface area contributed by atoms with Crippen LogP contribution in [0.5, 0.6) is 0 Å². The van der Waals surface area contributed by atoms with Crippen LogP contribution in [0.4, 0.5) is 11.4 Å². The highest BCUT2D eigenvalue weighted by Crippen LogP contribution is 2.32. The van der Waals surface area contributed by atoms with Gasteiger partial charge in [0, 0.05) is 17.7 Å². The Kier molecular flexibility index (Phi) is 5.12. The number of nitrogens with one attached hydrogen (secondary N) is 2. The number of hydrogen-bond donors (Lipinski definition) is 2. The first kappa shape index (κ1) is 18.3. The number of aryl methyl sites for hydroxylation is 1. The zero-order valence-corrected chi connectivity index (χ0v) is 15.7. The molecule has 0 unspecified atom stereocenters. The van der Waals surface area contributed by atoms with E-state index in [2.05, 4.69) is 17.6 Å². The third kappa shape index (κ3) is 3.64. The van der Waals surface area contributed by atoms with Gasteiger partial charge in [-0.25, -0.2) is 0 Å². The first-order chi connectivity index (χ1) is 13.7. The summed E-state index contributed by atoms with van der Waals surface area (Å²) in [5.74, 6) is -0.597. The zero-order valence-electron chi connectivity index (χ0n) is 15.7. The van der Waals surface area contributed by atoms with Crippen molar-refractivity contribution >= 4 is 34.2 Å². The molecule has 0 radical (unpaired) electrons. The normalized spacial score (nSPS) is 16.2. The minimum atomic E-state index is -0.494. The van der Waals surface area contributed by atoms with Gasteiger partial charge in [-0.05, 0) is 49.1 Å². The van der Waals surface area contributed by atoms with E-state index >= 15 is 0 Å². The molecule has 3 aromatic rings. The fraction of sp³-hybridized carbons (Fsp3) is 0.273. The van der Waals surface area contributed by atoms with Gasteiger partial charge in [-0.15, -0.1) is 0 Å². The molecule has 1 aromatic heterocycles. The lowest BCUT2D eigenvalue weighted by Gasteiger charge is -2.11. The molecule has 144 valence electrons. The Morgan fingerprint density at radius 1 is 1.07 bits per heavy atom. The minimum Gasteiger partial charge on any atom is -0.449 e. The first-order valence-corrected chi connectivity index (χ1v) is 9.50. The van der Waals surface area contributed by atoms with Gasteiger partial charge in [0.05, 0.1) is 0 Å².